The summed E-state index contributed by atoms with van der Waals surface area (Å²) in [5.41, 5.74) is 2.30. The van der Waals surface area contributed by atoms with Crippen molar-refractivity contribution in [2.75, 3.05) is 0 Å². The van der Waals surface area contributed by atoms with Gasteiger partial charge in [0.2, 0.25) is 0 Å². The van der Waals surface area contributed by atoms with Crippen LogP contribution in [-0.4, -0.2) is 5.11 Å². The average Bonchev–Trinajstić information content (AvgIpc) is 2.28. The zero-order chi connectivity index (χ0) is 12.6. The van der Waals surface area contributed by atoms with Crippen molar-refractivity contribution in [3.05, 3.63) is 41.5 Å². The molecule has 0 aliphatic rings. The zero-order valence-electron chi connectivity index (χ0n) is 11.0. The molecule has 0 saturated heterocycles. The Hall–Kier alpha value is -1.50. The SMILES string of the molecule is CC(C)c1ccc2ccc(C(C)C)c(O)c2c1. The molecule has 0 bridgehead atoms. The predicted molar refractivity (Wildman–Crippen MR) is 73.8 cm³/mol. The number of phenols is 1. The van der Waals surface area contributed by atoms with Gasteiger partial charge in [-0.25, -0.2) is 0 Å². The molecule has 1 heteroatoms. The van der Waals surface area contributed by atoms with Crippen LogP contribution in [0.3, 0.4) is 0 Å². The van der Waals surface area contributed by atoms with Crippen LogP contribution in [0.25, 0.3) is 10.8 Å². The summed E-state index contributed by atoms with van der Waals surface area (Å²) in [7, 11) is 0. The van der Waals surface area contributed by atoms with Gasteiger partial charge in [0.15, 0.2) is 0 Å². The lowest BCUT2D eigenvalue weighted by Crippen LogP contribution is -1.91. The number of hydrogen-bond acceptors (Lipinski definition) is 1. The Bertz CT molecular complexity index is 533. The minimum absolute atomic E-state index is 0.349. The minimum Gasteiger partial charge on any atom is -0.507 e. The lowest BCUT2D eigenvalue weighted by molar-refractivity contribution is 0.471. The molecular weight excluding hydrogens is 208 g/mol. The van der Waals surface area contributed by atoms with E-state index in [1.165, 1.54) is 5.56 Å². The summed E-state index contributed by atoms with van der Waals surface area (Å²) in [5, 5.41) is 12.4. The second-order valence-corrected chi connectivity index (χ2v) is 5.29. The van der Waals surface area contributed by atoms with E-state index in [0.29, 0.717) is 17.6 Å². The maximum Gasteiger partial charge on any atom is 0.126 e. The molecule has 90 valence electrons. The molecule has 0 atom stereocenters. The zero-order valence-corrected chi connectivity index (χ0v) is 11.0. The van der Waals surface area contributed by atoms with Crippen molar-refractivity contribution in [1.82, 2.24) is 0 Å². The number of hydrogen-bond donors (Lipinski definition) is 1. The lowest BCUT2D eigenvalue weighted by atomic mass is 9.94. The second-order valence-electron chi connectivity index (χ2n) is 5.29. The monoisotopic (exact) mass is 228 g/mol. The highest BCUT2D eigenvalue weighted by atomic mass is 16.3. The third-order valence-corrected chi connectivity index (χ3v) is 3.34. The van der Waals surface area contributed by atoms with Crippen molar-refractivity contribution >= 4 is 10.8 Å². The lowest BCUT2D eigenvalue weighted by Gasteiger charge is -2.13. The summed E-state index contributed by atoms with van der Waals surface area (Å²) < 4.78 is 0. The summed E-state index contributed by atoms with van der Waals surface area (Å²) >= 11 is 0. The van der Waals surface area contributed by atoms with E-state index in [9.17, 15) is 5.11 Å². The van der Waals surface area contributed by atoms with Crippen LogP contribution in [0.4, 0.5) is 0 Å². The predicted octanol–water partition coefficient (Wildman–Crippen LogP) is 4.79. The van der Waals surface area contributed by atoms with Gasteiger partial charge in [0, 0.05) is 5.39 Å². The molecule has 0 saturated carbocycles. The fourth-order valence-corrected chi connectivity index (χ4v) is 2.16. The molecule has 1 nitrogen and oxygen atoms in total. The summed E-state index contributed by atoms with van der Waals surface area (Å²) in [6.45, 7) is 8.55. The van der Waals surface area contributed by atoms with Crippen molar-refractivity contribution in [2.45, 2.75) is 39.5 Å². The van der Waals surface area contributed by atoms with Gasteiger partial charge in [0.05, 0.1) is 0 Å². The smallest absolute Gasteiger partial charge is 0.126 e. The van der Waals surface area contributed by atoms with Gasteiger partial charge in [-0.1, -0.05) is 52.0 Å². The van der Waals surface area contributed by atoms with Crippen molar-refractivity contribution < 1.29 is 5.11 Å². The molecule has 17 heavy (non-hydrogen) atoms. The molecule has 0 heterocycles. The standard InChI is InChI=1S/C16H20O/c1-10(2)13-6-5-12-7-8-14(11(3)4)16(17)15(12)9-13/h5-11,17H,1-4H3. The van der Waals surface area contributed by atoms with Crippen LogP contribution in [0.1, 0.15) is 50.7 Å². The molecule has 0 spiro atoms. The van der Waals surface area contributed by atoms with E-state index in [1.54, 1.807) is 0 Å². The Morgan fingerprint density at radius 1 is 0.882 bits per heavy atom. The Morgan fingerprint density at radius 2 is 1.53 bits per heavy atom. The third-order valence-electron chi connectivity index (χ3n) is 3.34. The molecule has 0 fully saturated rings. The largest absolute Gasteiger partial charge is 0.507 e. The van der Waals surface area contributed by atoms with Crippen LogP contribution < -0.4 is 0 Å². The maximum atomic E-state index is 10.3. The normalized spacial score (nSPS) is 11.6. The first kappa shape index (κ1) is 12.0. The summed E-state index contributed by atoms with van der Waals surface area (Å²) in [5.74, 6) is 1.28. The van der Waals surface area contributed by atoms with Crippen molar-refractivity contribution in [2.24, 2.45) is 0 Å². The first-order valence-electron chi connectivity index (χ1n) is 6.26. The Labute approximate surface area is 103 Å². The van der Waals surface area contributed by atoms with E-state index >= 15 is 0 Å². The highest BCUT2D eigenvalue weighted by molar-refractivity contribution is 5.90. The van der Waals surface area contributed by atoms with Gasteiger partial charge in [-0.2, -0.15) is 0 Å². The third kappa shape index (κ3) is 2.14. The first-order chi connectivity index (χ1) is 8.00. The summed E-state index contributed by atoms with van der Waals surface area (Å²) in [6, 6.07) is 10.5. The van der Waals surface area contributed by atoms with E-state index in [-0.39, 0.29) is 0 Å². The highest BCUT2D eigenvalue weighted by Gasteiger charge is 2.10. The van der Waals surface area contributed by atoms with Crippen LogP contribution in [0.5, 0.6) is 5.75 Å². The number of benzene rings is 2. The summed E-state index contributed by atoms with van der Waals surface area (Å²) in [4.78, 5) is 0. The van der Waals surface area contributed by atoms with Crippen LogP contribution in [-0.2, 0) is 0 Å². The average molecular weight is 228 g/mol. The number of fused-ring (bicyclic) bond motifs is 1. The van der Waals surface area contributed by atoms with E-state index in [4.69, 9.17) is 0 Å². The number of aromatic hydroxyl groups is 1. The van der Waals surface area contributed by atoms with Gasteiger partial charge in [-0.15, -0.1) is 0 Å². The van der Waals surface area contributed by atoms with E-state index < -0.39 is 0 Å². The highest BCUT2D eigenvalue weighted by Crippen LogP contribution is 2.34. The number of rotatable bonds is 2. The van der Waals surface area contributed by atoms with Crippen LogP contribution >= 0.6 is 0 Å². The van der Waals surface area contributed by atoms with Gasteiger partial charge in [-0.05, 0) is 34.4 Å². The first-order valence-corrected chi connectivity index (χ1v) is 6.26. The molecular formula is C16H20O. The molecule has 2 aromatic rings. The molecule has 2 aromatic carbocycles. The van der Waals surface area contributed by atoms with Crippen molar-refractivity contribution in [3.8, 4) is 5.75 Å². The quantitative estimate of drug-likeness (QED) is 0.783. The van der Waals surface area contributed by atoms with Crippen LogP contribution in [0, 0.1) is 0 Å². The van der Waals surface area contributed by atoms with E-state index in [2.05, 4.69) is 52.0 Å². The molecule has 1 N–H and O–H groups in total. The maximum absolute atomic E-state index is 10.3. The van der Waals surface area contributed by atoms with Gasteiger partial charge >= 0.3 is 0 Å². The van der Waals surface area contributed by atoms with Gasteiger partial charge in [0.25, 0.3) is 0 Å². The van der Waals surface area contributed by atoms with Gasteiger partial charge in [0.1, 0.15) is 5.75 Å². The molecule has 0 aromatic heterocycles. The fraction of sp³-hybridized carbons (Fsp3) is 0.375. The van der Waals surface area contributed by atoms with Crippen LogP contribution in [0.2, 0.25) is 0 Å². The fourth-order valence-electron chi connectivity index (χ4n) is 2.16. The van der Waals surface area contributed by atoms with Gasteiger partial charge in [-0.3, -0.25) is 0 Å². The minimum atomic E-state index is 0.349. The van der Waals surface area contributed by atoms with Crippen LogP contribution in [0.15, 0.2) is 30.3 Å². The van der Waals surface area contributed by atoms with E-state index in [1.807, 2.05) is 6.07 Å². The molecule has 2 rings (SSSR count). The van der Waals surface area contributed by atoms with E-state index in [0.717, 1.165) is 16.3 Å². The van der Waals surface area contributed by atoms with Crippen molar-refractivity contribution in [3.63, 3.8) is 0 Å². The molecule has 0 amide bonds. The Morgan fingerprint density at radius 3 is 2.12 bits per heavy atom. The molecule has 0 unspecified atom stereocenters. The Kier molecular flexibility index (Phi) is 3.10. The molecule has 0 aliphatic carbocycles. The second kappa shape index (κ2) is 4.40. The topological polar surface area (TPSA) is 20.2 Å². The molecule has 0 radical (unpaired) electrons. The molecule has 0 aliphatic heterocycles. The number of phenolic OH excluding ortho intramolecular Hbond substituents is 1. The van der Waals surface area contributed by atoms with Gasteiger partial charge < -0.3 is 5.11 Å². The summed E-state index contributed by atoms with van der Waals surface area (Å²) in [6.07, 6.45) is 0. The Balaban J connectivity index is 2.69. The van der Waals surface area contributed by atoms with Crippen molar-refractivity contribution in [1.29, 1.82) is 0 Å².